The number of hydrogen-bond acceptors (Lipinski definition) is 3. The lowest BCUT2D eigenvalue weighted by molar-refractivity contribution is -0.125. The molecule has 0 saturated heterocycles. The van der Waals surface area contributed by atoms with Crippen molar-refractivity contribution in [1.82, 2.24) is 0 Å². The van der Waals surface area contributed by atoms with Gasteiger partial charge < -0.3 is 15.8 Å². The summed E-state index contributed by atoms with van der Waals surface area (Å²) < 4.78 is 6.13. The molecule has 0 aliphatic rings. The Hall–Kier alpha value is -1.07. The second-order valence-electron chi connectivity index (χ2n) is 4.49. The Labute approximate surface area is 122 Å². The first-order valence-corrected chi connectivity index (χ1v) is 7.17. The summed E-state index contributed by atoms with van der Waals surface area (Å²) in [5, 5.41) is 2.92. The van der Waals surface area contributed by atoms with Crippen LogP contribution in [0.2, 0.25) is 0 Å². The minimum atomic E-state index is -0.521. The second-order valence-corrected chi connectivity index (χ2v) is 5.41. The molecule has 0 atom stereocenters. The van der Waals surface area contributed by atoms with Crippen molar-refractivity contribution in [1.29, 1.82) is 0 Å². The zero-order valence-corrected chi connectivity index (χ0v) is 13.2. The minimum absolute atomic E-state index is 0.0589. The highest BCUT2D eigenvalue weighted by Gasteiger charge is 2.33. The third-order valence-electron chi connectivity index (χ3n) is 3.64. The average Bonchev–Trinajstić information content (AvgIpc) is 2.41. The quantitative estimate of drug-likeness (QED) is 0.843. The molecular weight excluding hydrogens is 308 g/mol. The van der Waals surface area contributed by atoms with E-state index in [1.807, 2.05) is 32.0 Å². The molecule has 1 amide bonds. The number of anilines is 1. The molecule has 0 heterocycles. The van der Waals surface area contributed by atoms with E-state index in [9.17, 15) is 4.79 Å². The SMILES string of the molecule is CCC(CC)(CN)C(=O)Nc1cc(Br)ccc1OC. The van der Waals surface area contributed by atoms with Gasteiger partial charge in [-0.3, -0.25) is 4.79 Å². The molecule has 0 aliphatic carbocycles. The lowest BCUT2D eigenvalue weighted by Crippen LogP contribution is -2.41. The fourth-order valence-corrected chi connectivity index (χ4v) is 2.35. The molecule has 0 aromatic heterocycles. The summed E-state index contributed by atoms with van der Waals surface area (Å²) in [4.78, 5) is 12.4. The summed E-state index contributed by atoms with van der Waals surface area (Å²) in [5.74, 6) is 0.575. The average molecular weight is 329 g/mol. The molecule has 3 N–H and O–H groups in total. The van der Waals surface area contributed by atoms with Gasteiger partial charge in [0.2, 0.25) is 5.91 Å². The summed E-state index contributed by atoms with van der Waals surface area (Å²) in [7, 11) is 1.58. The number of methoxy groups -OCH3 is 1. The number of carbonyl (C=O) groups excluding carboxylic acids is 1. The first-order chi connectivity index (χ1) is 9.02. The van der Waals surface area contributed by atoms with Gasteiger partial charge in [0.15, 0.2) is 0 Å². The van der Waals surface area contributed by atoms with Crippen molar-refractivity contribution in [3.05, 3.63) is 22.7 Å². The number of ether oxygens (including phenoxy) is 1. The normalized spacial score (nSPS) is 11.2. The predicted molar refractivity (Wildman–Crippen MR) is 81.4 cm³/mol. The van der Waals surface area contributed by atoms with Crippen LogP contribution in [0.4, 0.5) is 5.69 Å². The first kappa shape index (κ1) is 16.0. The van der Waals surface area contributed by atoms with Crippen LogP contribution in [0.25, 0.3) is 0 Å². The third kappa shape index (κ3) is 3.48. The van der Waals surface area contributed by atoms with Crippen LogP contribution >= 0.6 is 15.9 Å². The Morgan fingerprint density at radius 3 is 2.53 bits per heavy atom. The number of nitrogens with two attached hydrogens (primary N) is 1. The molecular formula is C14H21BrN2O2. The maximum absolute atomic E-state index is 12.4. The molecule has 1 aromatic carbocycles. The van der Waals surface area contributed by atoms with Gasteiger partial charge in [-0.05, 0) is 31.0 Å². The lowest BCUT2D eigenvalue weighted by atomic mass is 9.81. The molecule has 5 heteroatoms. The molecule has 1 aromatic rings. The van der Waals surface area contributed by atoms with Gasteiger partial charge in [-0.1, -0.05) is 29.8 Å². The van der Waals surface area contributed by atoms with Crippen LogP contribution in [0.5, 0.6) is 5.75 Å². The number of carbonyl (C=O) groups is 1. The van der Waals surface area contributed by atoms with E-state index in [4.69, 9.17) is 10.5 Å². The van der Waals surface area contributed by atoms with Gasteiger partial charge in [0.1, 0.15) is 5.75 Å². The summed E-state index contributed by atoms with van der Waals surface area (Å²) in [6.07, 6.45) is 1.42. The van der Waals surface area contributed by atoms with E-state index in [-0.39, 0.29) is 5.91 Å². The molecule has 19 heavy (non-hydrogen) atoms. The van der Waals surface area contributed by atoms with Gasteiger partial charge in [-0.25, -0.2) is 0 Å². The Kier molecular flexibility index (Phi) is 5.82. The largest absolute Gasteiger partial charge is 0.495 e. The van der Waals surface area contributed by atoms with Crippen molar-refractivity contribution in [3.8, 4) is 5.75 Å². The van der Waals surface area contributed by atoms with E-state index in [0.717, 1.165) is 4.47 Å². The molecule has 0 spiro atoms. The van der Waals surface area contributed by atoms with Gasteiger partial charge in [-0.15, -0.1) is 0 Å². The first-order valence-electron chi connectivity index (χ1n) is 6.38. The Morgan fingerprint density at radius 2 is 2.05 bits per heavy atom. The highest BCUT2D eigenvalue weighted by molar-refractivity contribution is 9.10. The second kappa shape index (κ2) is 6.91. The summed E-state index contributed by atoms with van der Waals surface area (Å²) >= 11 is 3.39. The maximum atomic E-state index is 12.4. The van der Waals surface area contributed by atoms with Crippen molar-refractivity contribution in [2.45, 2.75) is 26.7 Å². The van der Waals surface area contributed by atoms with Crippen molar-refractivity contribution >= 4 is 27.5 Å². The Balaban J connectivity index is 3.01. The van der Waals surface area contributed by atoms with Crippen LogP contribution in [0, 0.1) is 5.41 Å². The molecule has 4 nitrogen and oxygen atoms in total. The fraction of sp³-hybridized carbons (Fsp3) is 0.500. The van der Waals surface area contributed by atoms with Gasteiger partial charge in [0.25, 0.3) is 0 Å². The third-order valence-corrected chi connectivity index (χ3v) is 4.13. The molecule has 106 valence electrons. The van der Waals surface area contributed by atoms with Gasteiger partial charge >= 0.3 is 0 Å². The van der Waals surface area contributed by atoms with Crippen molar-refractivity contribution in [2.75, 3.05) is 19.0 Å². The predicted octanol–water partition coefficient (Wildman–Crippen LogP) is 3.16. The number of benzene rings is 1. The van der Waals surface area contributed by atoms with Gasteiger partial charge in [-0.2, -0.15) is 0 Å². The van der Waals surface area contributed by atoms with E-state index >= 15 is 0 Å². The summed E-state index contributed by atoms with van der Waals surface area (Å²) in [5.41, 5.74) is 5.92. The highest BCUT2D eigenvalue weighted by atomic mass is 79.9. The molecule has 0 fully saturated rings. The van der Waals surface area contributed by atoms with Crippen LogP contribution in [-0.4, -0.2) is 19.6 Å². The smallest absolute Gasteiger partial charge is 0.231 e. The van der Waals surface area contributed by atoms with E-state index in [2.05, 4.69) is 21.2 Å². The van der Waals surface area contributed by atoms with Gasteiger partial charge in [0, 0.05) is 11.0 Å². The molecule has 0 aliphatic heterocycles. The van der Waals surface area contributed by atoms with Crippen LogP contribution in [0.15, 0.2) is 22.7 Å². The van der Waals surface area contributed by atoms with E-state index < -0.39 is 5.41 Å². The Bertz CT molecular complexity index is 437. The van der Waals surface area contributed by atoms with Crippen LogP contribution < -0.4 is 15.8 Å². The number of rotatable bonds is 6. The van der Waals surface area contributed by atoms with Crippen molar-refractivity contribution in [3.63, 3.8) is 0 Å². The van der Waals surface area contributed by atoms with E-state index in [1.54, 1.807) is 7.11 Å². The molecule has 0 unspecified atom stereocenters. The van der Waals surface area contributed by atoms with Crippen LogP contribution in [0.3, 0.4) is 0 Å². The van der Waals surface area contributed by atoms with Crippen LogP contribution in [0.1, 0.15) is 26.7 Å². The van der Waals surface area contributed by atoms with Crippen molar-refractivity contribution in [2.24, 2.45) is 11.1 Å². The fourth-order valence-electron chi connectivity index (χ4n) is 1.99. The Morgan fingerprint density at radius 1 is 1.42 bits per heavy atom. The van der Waals surface area contributed by atoms with E-state index in [1.165, 1.54) is 0 Å². The maximum Gasteiger partial charge on any atom is 0.231 e. The molecule has 0 saturated carbocycles. The summed E-state index contributed by atoms with van der Waals surface area (Å²) in [6.45, 7) is 4.30. The topological polar surface area (TPSA) is 64.4 Å². The monoisotopic (exact) mass is 328 g/mol. The number of nitrogens with one attached hydrogen (secondary N) is 1. The highest BCUT2D eigenvalue weighted by Crippen LogP contribution is 2.32. The zero-order chi connectivity index (χ0) is 14.5. The summed E-state index contributed by atoms with van der Waals surface area (Å²) in [6, 6.07) is 5.50. The standard InChI is InChI=1S/C14H21BrN2O2/c1-4-14(5-2,9-16)13(18)17-11-8-10(15)6-7-12(11)19-3/h6-8H,4-5,9,16H2,1-3H3,(H,17,18). The van der Waals surface area contributed by atoms with E-state index in [0.29, 0.717) is 30.8 Å². The minimum Gasteiger partial charge on any atom is -0.495 e. The van der Waals surface area contributed by atoms with Crippen molar-refractivity contribution < 1.29 is 9.53 Å². The zero-order valence-electron chi connectivity index (χ0n) is 11.6. The number of hydrogen-bond donors (Lipinski definition) is 2. The molecule has 1 rings (SSSR count). The number of amides is 1. The molecule has 0 bridgehead atoms. The van der Waals surface area contributed by atoms with Gasteiger partial charge in [0.05, 0.1) is 18.2 Å². The molecule has 0 radical (unpaired) electrons. The lowest BCUT2D eigenvalue weighted by Gasteiger charge is -2.28. The van der Waals surface area contributed by atoms with Crippen LogP contribution in [-0.2, 0) is 4.79 Å². The number of halogens is 1.